The van der Waals surface area contributed by atoms with Crippen molar-refractivity contribution in [3.63, 3.8) is 0 Å². The summed E-state index contributed by atoms with van der Waals surface area (Å²) >= 11 is 3.38. The zero-order valence-electron chi connectivity index (χ0n) is 12.8. The van der Waals surface area contributed by atoms with Crippen LogP contribution < -0.4 is 5.73 Å². The van der Waals surface area contributed by atoms with E-state index < -0.39 is 4.92 Å². The molecule has 0 radical (unpaired) electrons. The molecule has 0 aliphatic heterocycles. The van der Waals surface area contributed by atoms with E-state index in [1.807, 2.05) is 24.3 Å². The van der Waals surface area contributed by atoms with Crippen LogP contribution in [0.3, 0.4) is 0 Å². The zero-order valence-corrected chi connectivity index (χ0v) is 14.4. The summed E-state index contributed by atoms with van der Waals surface area (Å²) in [5.74, 6) is 0.122. The van der Waals surface area contributed by atoms with Gasteiger partial charge in [0.05, 0.1) is 10.6 Å². The molecule has 25 heavy (non-hydrogen) atoms. The summed E-state index contributed by atoms with van der Waals surface area (Å²) in [6.45, 7) is 0. The standard InChI is InChI=1S/C18H11BrN4O2/c19-13-5-1-12(2-6-13)17-9-15(16(10-20)18(21)22-17)11-3-7-14(8-4-11)23(24)25/h1-9H,(H2,21,22). The number of nitrogens with two attached hydrogens (primary N) is 1. The maximum absolute atomic E-state index is 10.8. The number of nitrogen functional groups attached to an aromatic ring is 1. The minimum absolute atomic E-state index is 0.0163. The molecule has 0 bridgehead atoms. The highest BCUT2D eigenvalue weighted by atomic mass is 79.9. The highest BCUT2D eigenvalue weighted by molar-refractivity contribution is 9.10. The van der Waals surface area contributed by atoms with Gasteiger partial charge in [-0.05, 0) is 35.9 Å². The van der Waals surface area contributed by atoms with E-state index in [-0.39, 0.29) is 17.1 Å². The van der Waals surface area contributed by atoms with Gasteiger partial charge in [-0.25, -0.2) is 4.98 Å². The first-order valence-corrected chi connectivity index (χ1v) is 8.00. The van der Waals surface area contributed by atoms with Crippen LogP contribution in [0.25, 0.3) is 22.4 Å². The molecule has 2 N–H and O–H groups in total. The fourth-order valence-corrected chi connectivity index (χ4v) is 2.71. The molecule has 6 nitrogen and oxygen atoms in total. The van der Waals surface area contributed by atoms with Crippen LogP contribution in [-0.4, -0.2) is 9.91 Å². The Kier molecular flexibility index (Phi) is 4.46. The maximum Gasteiger partial charge on any atom is 0.269 e. The Morgan fingerprint density at radius 1 is 1.08 bits per heavy atom. The lowest BCUT2D eigenvalue weighted by Gasteiger charge is -2.10. The van der Waals surface area contributed by atoms with Crippen molar-refractivity contribution < 1.29 is 4.92 Å². The van der Waals surface area contributed by atoms with Crippen LogP contribution in [0.5, 0.6) is 0 Å². The second kappa shape index (κ2) is 6.71. The van der Waals surface area contributed by atoms with Gasteiger partial charge >= 0.3 is 0 Å². The van der Waals surface area contributed by atoms with Crippen molar-refractivity contribution in [1.29, 1.82) is 5.26 Å². The number of hydrogen-bond donors (Lipinski definition) is 1. The summed E-state index contributed by atoms with van der Waals surface area (Å²) in [6, 6.07) is 17.3. The molecule has 122 valence electrons. The molecule has 3 aromatic rings. The normalized spacial score (nSPS) is 10.2. The van der Waals surface area contributed by atoms with Crippen LogP contribution in [0.15, 0.2) is 59.1 Å². The van der Waals surface area contributed by atoms with Crippen molar-refractivity contribution in [3.05, 3.63) is 74.7 Å². The molecule has 0 aliphatic rings. The molecule has 3 rings (SSSR count). The lowest BCUT2D eigenvalue weighted by molar-refractivity contribution is -0.384. The van der Waals surface area contributed by atoms with Crippen LogP contribution in [0, 0.1) is 21.4 Å². The van der Waals surface area contributed by atoms with Crippen molar-refractivity contribution in [3.8, 4) is 28.5 Å². The van der Waals surface area contributed by atoms with Gasteiger partial charge in [0.2, 0.25) is 0 Å². The number of nitro groups is 1. The number of aromatic nitrogens is 1. The monoisotopic (exact) mass is 394 g/mol. The Labute approximate surface area is 151 Å². The van der Waals surface area contributed by atoms with Crippen molar-refractivity contribution in [2.75, 3.05) is 5.73 Å². The van der Waals surface area contributed by atoms with E-state index in [1.165, 1.54) is 12.1 Å². The lowest BCUT2D eigenvalue weighted by Crippen LogP contribution is -2.00. The summed E-state index contributed by atoms with van der Waals surface area (Å²) in [6.07, 6.45) is 0. The zero-order chi connectivity index (χ0) is 18.0. The fourth-order valence-electron chi connectivity index (χ4n) is 2.44. The number of rotatable bonds is 3. The average molecular weight is 395 g/mol. The number of nitrogens with zero attached hydrogens (tertiary/aromatic N) is 3. The van der Waals surface area contributed by atoms with Gasteiger partial charge in [0.25, 0.3) is 5.69 Å². The molecule has 0 atom stereocenters. The Hall–Kier alpha value is -3.24. The molecule has 1 heterocycles. The van der Waals surface area contributed by atoms with E-state index in [0.29, 0.717) is 16.8 Å². The van der Waals surface area contributed by atoms with Gasteiger partial charge in [0, 0.05) is 27.7 Å². The molecular weight excluding hydrogens is 384 g/mol. The Morgan fingerprint density at radius 2 is 1.68 bits per heavy atom. The van der Waals surface area contributed by atoms with E-state index in [0.717, 1.165) is 10.0 Å². The number of benzene rings is 2. The quantitative estimate of drug-likeness (QED) is 0.518. The first kappa shape index (κ1) is 16.6. The van der Waals surface area contributed by atoms with Gasteiger partial charge in [0.15, 0.2) is 0 Å². The minimum atomic E-state index is -0.469. The third-order valence-corrected chi connectivity index (χ3v) is 4.22. The molecule has 1 aromatic heterocycles. The Bertz CT molecular complexity index is 993. The third-order valence-electron chi connectivity index (χ3n) is 3.69. The van der Waals surface area contributed by atoms with Gasteiger partial charge in [-0.15, -0.1) is 0 Å². The summed E-state index contributed by atoms with van der Waals surface area (Å²) in [5.41, 5.74) is 8.91. The average Bonchev–Trinajstić information content (AvgIpc) is 2.61. The number of nitriles is 1. The number of halogens is 1. The van der Waals surface area contributed by atoms with Crippen molar-refractivity contribution >= 4 is 27.4 Å². The molecule has 2 aromatic carbocycles. The number of hydrogen-bond acceptors (Lipinski definition) is 5. The molecule has 7 heteroatoms. The number of anilines is 1. The summed E-state index contributed by atoms with van der Waals surface area (Å²) in [5, 5.41) is 20.2. The van der Waals surface area contributed by atoms with Crippen LogP contribution in [0.4, 0.5) is 11.5 Å². The molecular formula is C18H11BrN4O2. The molecule has 0 unspecified atom stereocenters. The van der Waals surface area contributed by atoms with Crippen LogP contribution in [0.1, 0.15) is 5.56 Å². The molecule has 0 fully saturated rings. The highest BCUT2D eigenvalue weighted by Gasteiger charge is 2.14. The maximum atomic E-state index is 10.8. The van der Waals surface area contributed by atoms with Crippen molar-refractivity contribution in [1.82, 2.24) is 4.98 Å². The van der Waals surface area contributed by atoms with E-state index in [9.17, 15) is 15.4 Å². The predicted molar refractivity (Wildman–Crippen MR) is 98.6 cm³/mol. The van der Waals surface area contributed by atoms with Gasteiger partial charge < -0.3 is 5.73 Å². The molecule has 0 saturated heterocycles. The SMILES string of the molecule is N#Cc1c(-c2ccc([N+](=O)[O-])cc2)cc(-c2ccc(Br)cc2)nc1N. The topological polar surface area (TPSA) is 106 Å². The van der Waals surface area contributed by atoms with Crippen molar-refractivity contribution in [2.45, 2.75) is 0 Å². The first-order valence-electron chi connectivity index (χ1n) is 7.21. The van der Waals surface area contributed by atoms with Gasteiger partial charge in [-0.2, -0.15) is 5.26 Å². The second-order valence-electron chi connectivity index (χ2n) is 5.24. The third kappa shape index (κ3) is 3.34. The van der Waals surface area contributed by atoms with E-state index in [1.54, 1.807) is 18.2 Å². The number of non-ortho nitro benzene ring substituents is 1. The van der Waals surface area contributed by atoms with Crippen LogP contribution in [0.2, 0.25) is 0 Å². The van der Waals surface area contributed by atoms with E-state index >= 15 is 0 Å². The first-order chi connectivity index (χ1) is 12.0. The summed E-state index contributed by atoms with van der Waals surface area (Å²) < 4.78 is 0.938. The smallest absolute Gasteiger partial charge is 0.269 e. The minimum Gasteiger partial charge on any atom is -0.383 e. The van der Waals surface area contributed by atoms with E-state index in [2.05, 4.69) is 27.0 Å². The molecule has 0 spiro atoms. The van der Waals surface area contributed by atoms with Gasteiger partial charge in [0.1, 0.15) is 17.5 Å². The Balaban J connectivity index is 2.16. The largest absolute Gasteiger partial charge is 0.383 e. The number of pyridine rings is 1. The molecule has 0 aliphatic carbocycles. The van der Waals surface area contributed by atoms with E-state index in [4.69, 9.17) is 5.73 Å². The second-order valence-corrected chi connectivity index (χ2v) is 6.15. The molecule has 0 saturated carbocycles. The van der Waals surface area contributed by atoms with Crippen LogP contribution in [-0.2, 0) is 0 Å². The molecule has 0 amide bonds. The fraction of sp³-hybridized carbons (Fsp3) is 0. The Morgan fingerprint density at radius 3 is 2.24 bits per heavy atom. The lowest BCUT2D eigenvalue weighted by atomic mass is 9.98. The number of nitro benzene ring substituents is 1. The summed E-state index contributed by atoms with van der Waals surface area (Å²) in [7, 11) is 0. The van der Waals surface area contributed by atoms with Crippen molar-refractivity contribution in [2.24, 2.45) is 0 Å². The van der Waals surface area contributed by atoms with Gasteiger partial charge in [-0.3, -0.25) is 10.1 Å². The predicted octanol–water partition coefficient (Wildman–Crippen LogP) is 4.54. The van der Waals surface area contributed by atoms with Gasteiger partial charge in [-0.1, -0.05) is 28.1 Å². The highest BCUT2D eigenvalue weighted by Crippen LogP contribution is 2.32. The van der Waals surface area contributed by atoms with Crippen LogP contribution >= 0.6 is 15.9 Å². The summed E-state index contributed by atoms with van der Waals surface area (Å²) in [4.78, 5) is 14.7.